The number of rotatable bonds is 2. The van der Waals surface area contributed by atoms with E-state index in [-0.39, 0.29) is 5.41 Å². The molecule has 0 spiro atoms. The van der Waals surface area contributed by atoms with Crippen molar-refractivity contribution in [2.24, 2.45) is 5.41 Å². The number of nitrogens with zero attached hydrogens (tertiary/aromatic N) is 3. The van der Waals surface area contributed by atoms with Gasteiger partial charge in [0.2, 0.25) is 0 Å². The monoisotopic (exact) mass is 485 g/mol. The van der Waals surface area contributed by atoms with Crippen LogP contribution in [0.2, 0.25) is 0 Å². The smallest absolute Gasteiger partial charge is 0.161 e. The van der Waals surface area contributed by atoms with Gasteiger partial charge in [0.15, 0.2) is 5.82 Å². The van der Waals surface area contributed by atoms with Gasteiger partial charge in [-0.05, 0) is 54.2 Å². The van der Waals surface area contributed by atoms with E-state index in [2.05, 4.69) is 92.1 Å². The third-order valence-corrected chi connectivity index (χ3v) is 8.64. The van der Waals surface area contributed by atoms with E-state index in [1.807, 2.05) is 29.8 Å². The summed E-state index contributed by atoms with van der Waals surface area (Å²) in [6, 6.07) is 23.7. The summed E-state index contributed by atoms with van der Waals surface area (Å²) < 4.78 is 3.72. The molecule has 0 aliphatic heterocycles. The van der Waals surface area contributed by atoms with Crippen molar-refractivity contribution in [3.05, 3.63) is 95.1 Å². The fourth-order valence-corrected chi connectivity index (χ4v) is 6.93. The van der Waals surface area contributed by atoms with Crippen LogP contribution < -0.4 is 0 Å². The Labute approximate surface area is 214 Å². The Morgan fingerprint density at radius 3 is 2.36 bits per heavy atom. The highest BCUT2D eigenvalue weighted by Crippen LogP contribution is 2.49. The van der Waals surface area contributed by atoms with Gasteiger partial charge >= 0.3 is 0 Å². The Balaban J connectivity index is 1.72. The zero-order chi connectivity index (χ0) is 24.4. The second-order valence-electron chi connectivity index (χ2n) is 10.6. The quantitative estimate of drug-likeness (QED) is 0.245. The number of fused-ring (bicyclic) bond motifs is 7. The first-order valence-electron chi connectivity index (χ1n) is 12.6. The maximum Gasteiger partial charge on any atom is 0.161 e. The van der Waals surface area contributed by atoms with Gasteiger partial charge in [-0.1, -0.05) is 68.8 Å². The molecule has 0 atom stereocenters. The third kappa shape index (κ3) is 3.17. The number of aryl methyl sites for hydroxylation is 1. The highest BCUT2D eigenvalue weighted by molar-refractivity contribution is 7.19. The molecule has 176 valence electrons. The Kier molecular flexibility index (Phi) is 4.71. The average Bonchev–Trinajstić information content (AvgIpc) is 3.44. The van der Waals surface area contributed by atoms with Gasteiger partial charge in [-0.25, -0.2) is 9.97 Å². The van der Waals surface area contributed by atoms with Crippen LogP contribution in [0.5, 0.6) is 0 Å². The lowest BCUT2D eigenvalue weighted by Gasteiger charge is -2.26. The van der Waals surface area contributed by atoms with Gasteiger partial charge in [-0.15, -0.1) is 11.3 Å². The van der Waals surface area contributed by atoms with Crippen molar-refractivity contribution < 1.29 is 0 Å². The molecule has 4 heteroatoms. The second-order valence-corrected chi connectivity index (χ2v) is 11.8. The van der Waals surface area contributed by atoms with E-state index >= 15 is 0 Å². The summed E-state index contributed by atoms with van der Waals surface area (Å²) in [7, 11) is 0. The van der Waals surface area contributed by atoms with E-state index in [0.717, 1.165) is 29.9 Å². The fraction of sp³-hybridized carbons (Fsp3) is 0.188. The van der Waals surface area contributed by atoms with Crippen LogP contribution in [0.4, 0.5) is 0 Å². The van der Waals surface area contributed by atoms with Crippen molar-refractivity contribution in [3.8, 4) is 17.1 Å². The van der Waals surface area contributed by atoms with Crippen LogP contribution in [0, 0.1) is 5.41 Å². The van der Waals surface area contributed by atoms with Gasteiger partial charge in [0.05, 0.1) is 11.0 Å². The molecule has 0 unspecified atom stereocenters. The minimum absolute atomic E-state index is 0.168. The summed E-state index contributed by atoms with van der Waals surface area (Å²) in [5.41, 5.74) is 7.72. The Morgan fingerprint density at radius 2 is 1.58 bits per heavy atom. The molecular weight excluding hydrogens is 458 g/mol. The fourth-order valence-electron chi connectivity index (χ4n) is 5.70. The van der Waals surface area contributed by atoms with Crippen molar-refractivity contribution in [2.45, 2.75) is 33.6 Å². The van der Waals surface area contributed by atoms with Crippen molar-refractivity contribution >= 4 is 49.3 Å². The Morgan fingerprint density at radius 1 is 0.833 bits per heavy atom. The standard InChI is InChI=1S/C32H27N3S/c1-32(2,3)20-14-15-26-23(18-20)28-27(36-26)19-24(31-33-16-9-17-34-31)30-29(28)22-12-7-8-13-25(22)35(30)21-10-5-4-6-11-21/h4-13,16-19H,14-15H2,1-3H3. The molecular formula is C32H27N3S. The van der Waals surface area contributed by atoms with Crippen molar-refractivity contribution in [1.82, 2.24) is 14.5 Å². The topological polar surface area (TPSA) is 30.7 Å². The average molecular weight is 486 g/mol. The minimum Gasteiger partial charge on any atom is -0.308 e. The number of hydrogen-bond donors (Lipinski definition) is 0. The van der Waals surface area contributed by atoms with Crippen LogP contribution in [0.1, 0.15) is 37.6 Å². The maximum absolute atomic E-state index is 4.71. The summed E-state index contributed by atoms with van der Waals surface area (Å²) in [5.74, 6) is 0.765. The number of hydrogen-bond acceptors (Lipinski definition) is 3. The van der Waals surface area contributed by atoms with Gasteiger partial charge < -0.3 is 4.57 Å². The van der Waals surface area contributed by atoms with Crippen LogP contribution in [0.15, 0.2) is 84.7 Å². The molecule has 3 aromatic heterocycles. The van der Waals surface area contributed by atoms with Gasteiger partial charge in [-0.2, -0.15) is 0 Å². The first-order valence-corrected chi connectivity index (χ1v) is 13.4. The molecule has 0 amide bonds. The summed E-state index contributed by atoms with van der Waals surface area (Å²) in [4.78, 5) is 10.9. The number of allylic oxidation sites excluding steroid dienone is 1. The lowest BCUT2D eigenvalue weighted by Crippen LogP contribution is -2.12. The lowest BCUT2D eigenvalue weighted by atomic mass is 9.79. The van der Waals surface area contributed by atoms with Crippen LogP contribution in [-0.2, 0) is 6.42 Å². The van der Waals surface area contributed by atoms with E-state index in [4.69, 9.17) is 9.97 Å². The summed E-state index contributed by atoms with van der Waals surface area (Å²) in [5, 5.41) is 3.95. The van der Waals surface area contributed by atoms with Gasteiger partial charge in [-0.3, -0.25) is 0 Å². The van der Waals surface area contributed by atoms with Crippen LogP contribution in [0.25, 0.3) is 55.0 Å². The first-order chi connectivity index (χ1) is 17.5. The van der Waals surface area contributed by atoms with Crippen LogP contribution in [-0.4, -0.2) is 14.5 Å². The van der Waals surface area contributed by atoms with Crippen molar-refractivity contribution in [3.63, 3.8) is 0 Å². The molecule has 0 N–H and O–H groups in total. The molecule has 7 rings (SSSR count). The Hall–Kier alpha value is -3.76. The highest BCUT2D eigenvalue weighted by atomic mass is 32.1. The maximum atomic E-state index is 4.71. The van der Waals surface area contributed by atoms with Gasteiger partial charge in [0.25, 0.3) is 0 Å². The van der Waals surface area contributed by atoms with Crippen molar-refractivity contribution in [1.29, 1.82) is 0 Å². The zero-order valence-corrected chi connectivity index (χ0v) is 21.6. The molecule has 6 aromatic rings. The van der Waals surface area contributed by atoms with Crippen LogP contribution in [0.3, 0.4) is 0 Å². The van der Waals surface area contributed by atoms with Crippen molar-refractivity contribution in [2.75, 3.05) is 0 Å². The van der Waals surface area contributed by atoms with E-state index < -0.39 is 0 Å². The molecule has 0 saturated heterocycles. The molecule has 1 aliphatic rings. The van der Waals surface area contributed by atoms with E-state index in [0.29, 0.717) is 0 Å². The minimum atomic E-state index is 0.168. The Bertz CT molecular complexity index is 1800. The zero-order valence-electron chi connectivity index (χ0n) is 20.7. The molecule has 0 radical (unpaired) electrons. The molecule has 3 aromatic carbocycles. The highest BCUT2D eigenvalue weighted by Gasteiger charge is 2.27. The van der Waals surface area contributed by atoms with E-state index in [9.17, 15) is 0 Å². The summed E-state index contributed by atoms with van der Waals surface area (Å²) in [6.45, 7) is 7.00. The first kappa shape index (κ1) is 21.5. The molecule has 36 heavy (non-hydrogen) atoms. The molecule has 0 saturated carbocycles. The lowest BCUT2D eigenvalue weighted by molar-refractivity contribution is 0.485. The summed E-state index contributed by atoms with van der Waals surface area (Å²) >= 11 is 1.94. The molecule has 0 bridgehead atoms. The van der Waals surface area contributed by atoms with E-state index in [1.165, 1.54) is 47.9 Å². The van der Waals surface area contributed by atoms with Crippen LogP contribution >= 0.6 is 11.3 Å². The number of thiophene rings is 1. The van der Waals surface area contributed by atoms with Gasteiger partial charge in [0, 0.05) is 49.4 Å². The third-order valence-electron chi connectivity index (χ3n) is 7.43. The number of para-hydroxylation sites is 2. The van der Waals surface area contributed by atoms with E-state index in [1.54, 1.807) is 0 Å². The van der Waals surface area contributed by atoms with Gasteiger partial charge in [0.1, 0.15) is 0 Å². The normalized spacial score (nSPS) is 13.9. The molecule has 3 nitrogen and oxygen atoms in total. The molecule has 0 fully saturated rings. The SMILES string of the molecule is CC(C)(C)C1=Cc2c(sc3cc(-c4ncccn4)c4c(c5ccccc5n4-c4ccccc4)c23)CC1. The molecule has 1 aliphatic carbocycles. The predicted molar refractivity (Wildman–Crippen MR) is 153 cm³/mol. The molecule has 3 heterocycles. The summed E-state index contributed by atoms with van der Waals surface area (Å²) in [6.07, 6.45) is 8.41. The number of aromatic nitrogens is 3. The predicted octanol–water partition coefficient (Wildman–Crippen LogP) is 8.83. The number of benzene rings is 3. The second kappa shape index (κ2) is 7.87. The largest absolute Gasteiger partial charge is 0.308 e.